The summed E-state index contributed by atoms with van der Waals surface area (Å²) in [7, 11) is -10.00. The van der Waals surface area contributed by atoms with Gasteiger partial charge in [-0.05, 0) is 103 Å². The minimum absolute atomic E-state index is 0.0178. The van der Waals surface area contributed by atoms with Gasteiger partial charge in [0.25, 0.3) is 0 Å². The van der Waals surface area contributed by atoms with Gasteiger partial charge >= 0.3 is 39.5 Å². The Hall–Kier alpha value is -4.80. The summed E-state index contributed by atoms with van der Waals surface area (Å²) in [5, 5.41) is 10.6. The maximum Gasteiger partial charge on any atom is 0.472 e. The van der Waals surface area contributed by atoms with Crippen LogP contribution in [-0.2, 0) is 65.4 Å². The lowest BCUT2D eigenvalue weighted by atomic mass is 10.0. The molecule has 0 fully saturated rings. The van der Waals surface area contributed by atoms with Gasteiger partial charge in [0.2, 0.25) is 0 Å². The second kappa shape index (κ2) is 76.4. The third kappa shape index (κ3) is 75.4. The molecule has 0 saturated carbocycles. The number of aliphatic hydroxyl groups excluding tert-OH is 1. The number of hydrogen-bond donors (Lipinski definition) is 3. The topological polar surface area (TPSA) is 237 Å². The van der Waals surface area contributed by atoms with Crippen molar-refractivity contribution in [3.63, 3.8) is 0 Å². The van der Waals surface area contributed by atoms with Gasteiger partial charge in [-0.25, -0.2) is 9.13 Å². The van der Waals surface area contributed by atoms with Crippen molar-refractivity contribution in [1.82, 2.24) is 0 Å². The van der Waals surface area contributed by atoms with Crippen LogP contribution in [0.5, 0.6) is 0 Å². The average Bonchev–Trinajstić information content (AvgIpc) is 0.906. The van der Waals surface area contributed by atoms with E-state index < -0.39 is 97.5 Å². The van der Waals surface area contributed by atoms with Crippen molar-refractivity contribution in [2.75, 3.05) is 39.6 Å². The lowest BCUT2D eigenvalue weighted by Gasteiger charge is -2.21. The normalized spacial score (nSPS) is 14.6. The zero-order chi connectivity index (χ0) is 76.0. The van der Waals surface area contributed by atoms with Crippen molar-refractivity contribution in [3.8, 4) is 0 Å². The van der Waals surface area contributed by atoms with Gasteiger partial charge < -0.3 is 33.8 Å². The Bertz CT molecular complexity index is 2490. The van der Waals surface area contributed by atoms with E-state index in [9.17, 15) is 43.2 Å². The molecule has 0 aliphatic carbocycles. The molecule has 596 valence electrons. The number of aliphatic hydroxyl groups is 1. The van der Waals surface area contributed by atoms with Crippen molar-refractivity contribution in [3.05, 3.63) is 134 Å². The van der Waals surface area contributed by atoms with Gasteiger partial charge in [0.15, 0.2) is 12.2 Å². The van der Waals surface area contributed by atoms with E-state index in [1.54, 1.807) is 0 Å². The summed E-state index contributed by atoms with van der Waals surface area (Å²) in [6.45, 7) is 4.59. The number of phosphoric ester groups is 2. The monoisotopic (exact) mass is 1500 g/mol. The van der Waals surface area contributed by atoms with E-state index in [2.05, 4.69) is 125 Å². The van der Waals surface area contributed by atoms with Gasteiger partial charge in [0.1, 0.15) is 19.3 Å². The minimum atomic E-state index is -5.02. The van der Waals surface area contributed by atoms with Crippen LogP contribution in [-0.4, -0.2) is 96.7 Å². The molecular weight excluding hydrogens is 1350 g/mol. The van der Waals surface area contributed by atoms with Crippen LogP contribution in [0.25, 0.3) is 0 Å². The molecule has 2 unspecified atom stereocenters. The molecule has 19 heteroatoms. The maximum atomic E-state index is 13.1. The summed E-state index contributed by atoms with van der Waals surface area (Å²) in [5.41, 5.74) is 0. The molecule has 0 heterocycles. The average molecular weight is 1500 g/mol. The van der Waals surface area contributed by atoms with Crippen molar-refractivity contribution < 1.29 is 80.2 Å². The fourth-order valence-electron chi connectivity index (χ4n) is 10.5. The van der Waals surface area contributed by atoms with Crippen molar-refractivity contribution >= 4 is 39.5 Å². The van der Waals surface area contributed by atoms with E-state index in [0.29, 0.717) is 38.5 Å². The fourth-order valence-corrected chi connectivity index (χ4v) is 12.1. The van der Waals surface area contributed by atoms with Crippen LogP contribution in [0.1, 0.15) is 323 Å². The molecule has 0 saturated heterocycles. The molecule has 17 nitrogen and oxygen atoms in total. The van der Waals surface area contributed by atoms with E-state index in [0.717, 1.165) is 103 Å². The number of carbonyl (C=O) groups is 4. The Labute approximate surface area is 631 Å². The van der Waals surface area contributed by atoms with Gasteiger partial charge in [-0.3, -0.25) is 37.3 Å². The number of allylic oxidation sites excluding steroid dienone is 22. The Balaban J connectivity index is 5.49. The summed E-state index contributed by atoms with van der Waals surface area (Å²) in [5.74, 6) is -2.36. The molecule has 0 rings (SSSR count). The third-order valence-electron chi connectivity index (χ3n) is 16.7. The first-order chi connectivity index (χ1) is 50.7. The predicted octanol–water partition coefficient (Wildman–Crippen LogP) is 23.7. The van der Waals surface area contributed by atoms with Gasteiger partial charge in [-0.2, -0.15) is 0 Å². The standard InChI is InChI=1S/C85H144O17P2/c1-5-9-13-17-21-25-29-33-35-37-39-41-43-47-50-54-58-62-66-70-83(88)96-76-81(102-85(90)72-68-64-60-56-52-48-44-42-40-38-36-34-30-26-22-18-14-10-6-2)78-100-104(93,94)98-74-79(86)73-97-103(91,92)99-77-80(101-84(89)71-67-63-59-55-51-46-32-28-24-20-16-12-8-4)75-95-82(87)69-65-61-57-53-49-45-31-27-23-19-15-11-7-3/h9,13,21-22,25-26,33-36,39-42,47-48,50,52,58,60,62,64,79-81,86H,5-8,10-12,14-20,23-24,27-32,37-38,43-46,49,51,53-57,59,61,63,65-78H2,1-4H3,(H,91,92)(H,93,94)/b13-9-,25-21-,26-22-,35-33-,36-34-,41-39-,42-40-,50-47-,52-48-,62-58-,64-60-/t79-,80+,81+/m0/s1. The summed E-state index contributed by atoms with van der Waals surface area (Å²) >= 11 is 0. The number of unbranched alkanes of at least 4 members (excludes halogenated alkanes) is 27. The van der Waals surface area contributed by atoms with E-state index in [1.165, 1.54) is 128 Å². The number of carbonyl (C=O) groups excluding carboxylic acids is 4. The van der Waals surface area contributed by atoms with Crippen LogP contribution in [0.3, 0.4) is 0 Å². The summed E-state index contributed by atoms with van der Waals surface area (Å²) in [6.07, 6.45) is 86.0. The molecule has 104 heavy (non-hydrogen) atoms. The molecule has 0 amide bonds. The fraction of sp³-hybridized carbons (Fsp3) is 0.694. The minimum Gasteiger partial charge on any atom is -0.462 e. The molecule has 0 aliphatic rings. The first-order valence-corrected chi connectivity index (χ1v) is 43.4. The van der Waals surface area contributed by atoms with Crippen LogP contribution in [0.2, 0.25) is 0 Å². The Kier molecular flexibility index (Phi) is 72.9. The highest BCUT2D eigenvalue weighted by atomic mass is 31.2. The van der Waals surface area contributed by atoms with E-state index in [1.807, 2.05) is 36.5 Å². The Morgan fingerprint density at radius 1 is 0.279 bits per heavy atom. The summed E-state index contributed by atoms with van der Waals surface area (Å²) in [4.78, 5) is 72.9. The summed E-state index contributed by atoms with van der Waals surface area (Å²) < 4.78 is 68.4. The van der Waals surface area contributed by atoms with Crippen molar-refractivity contribution in [1.29, 1.82) is 0 Å². The molecule has 0 bridgehead atoms. The van der Waals surface area contributed by atoms with Gasteiger partial charge in [0.05, 0.1) is 26.4 Å². The zero-order valence-corrected chi connectivity index (χ0v) is 66.9. The number of hydrogen-bond acceptors (Lipinski definition) is 15. The first kappa shape index (κ1) is 99.2. The largest absolute Gasteiger partial charge is 0.472 e. The molecule has 0 aromatic carbocycles. The van der Waals surface area contributed by atoms with Crippen LogP contribution >= 0.6 is 15.6 Å². The van der Waals surface area contributed by atoms with E-state index >= 15 is 0 Å². The quantitative estimate of drug-likeness (QED) is 0.0169. The van der Waals surface area contributed by atoms with Gasteiger partial charge in [0, 0.05) is 25.7 Å². The Morgan fingerprint density at radius 3 is 0.846 bits per heavy atom. The maximum absolute atomic E-state index is 13.1. The first-order valence-electron chi connectivity index (χ1n) is 40.4. The molecule has 3 N–H and O–H groups in total. The zero-order valence-electron chi connectivity index (χ0n) is 65.2. The SMILES string of the molecule is CC/C=C\C/C=C\C/C=C\C/C=C\C/C=C\C/C=C\CCC(=O)OC[C@H](COP(=O)(O)OC[C@@H](O)COP(=O)(O)OC[C@@H](COC(=O)CCCCCCCCCCCCCCC)OC(=O)CCCCCCCCCCCCCCC)OC(=O)CC/C=C\C/C=C\C/C=C\C/C=C\C/C=C\CCCCC. The number of phosphoric acid groups is 2. The second-order valence-corrected chi connectivity index (χ2v) is 29.5. The van der Waals surface area contributed by atoms with Crippen LogP contribution in [0.4, 0.5) is 0 Å². The van der Waals surface area contributed by atoms with Gasteiger partial charge in [-0.15, -0.1) is 0 Å². The van der Waals surface area contributed by atoms with Crippen LogP contribution in [0, 0.1) is 0 Å². The lowest BCUT2D eigenvalue weighted by Crippen LogP contribution is -2.30. The molecule has 0 radical (unpaired) electrons. The van der Waals surface area contributed by atoms with Crippen molar-refractivity contribution in [2.24, 2.45) is 0 Å². The number of ether oxygens (including phenoxy) is 4. The molecule has 0 aromatic heterocycles. The van der Waals surface area contributed by atoms with Crippen molar-refractivity contribution in [2.45, 2.75) is 341 Å². The van der Waals surface area contributed by atoms with E-state index in [-0.39, 0.29) is 25.7 Å². The molecule has 0 aliphatic heterocycles. The molecule has 0 spiro atoms. The highest BCUT2D eigenvalue weighted by Crippen LogP contribution is 2.45. The molecular formula is C85H144O17P2. The molecule has 5 atom stereocenters. The molecule has 0 aromatic rings. The van der Waals surface area contributed by atoms with Crippen LogP contribution < -0.4 is 0 Å². The number of esters is 4. The lowest BCUT2D eigenvalue weighted by molar-refractivity contribution is -0.161. The number of rotatable bonds is 75. The smallest absolute Gasteiger partial charge is 0.462 e. The van der Waals surface area contributed by atoms with E-state index in [4.69, 9.17) is 37.0 Å². The highest BCUT2D eigenvalue weighted by Gasteiger charge is 2.30. The van der Waals surface area contributed by atoms with Crippen LogP contribution in [0.15, 0.2) is 134 Å². The predicted molar refractivity (Wildman–Crippen MR) is 427 cm³/mol. The third-order valence-corrected chi connectivity index (χ3v) is 18.6. The van der Waals surface area contributed by atoms with Gasteiger partial charge in [-0.1, -0.05) is 328 Å². The Morgan fingerprint density at radius 2 is 0.519 bits per heavy atom. The highest BCUT2D eigenvalue weighted by molar-refractivity contribution is 7.47. The summed E-state index contributed by atoms with van der Waals surface area (Å²) in [6, 6.07) is 0. The second-order valence-electron chi connectivity index (χ2n) is 26.6.